The Morgan fingerprint density at radius 1 is 1.58 bits per heavy atom. The number of carbonyl (C=O) groups excluding carboxylic acids is 1. The fraction of sp³-hybridized carbons (Fsp3) is 0. The molecule has 63 valence electrons. The van der Waals surface area contributed by atoms with Crippen molar-refractivity contribution in [3.63, 3.8) is 0 Å². The van der Waals surface area contributed by atoms with Gasteiger partial charge in [0.25, 0.3) is 0 Å². The summed E-state index contributed by atoms with van der Waals surface area (Å²) in [5, 5.41) is 1.77. The monoisotopic (exact) mass is 199 g/mol. The van der Waals surface area contributed by atoms with Crippen molar-refractivity contribution >= 4 is 34.5 Å². The van der Waals surface area contributed by atoms with Crippen LogP contribution >= 0.6 is 23.6 Å². The number of rotatable bonds is 3. The van der Waals surface area contributed by atoms with Gasteiger partial charge in [-0.05, 0) is 11.4 Å². The molecular weight excluding hydrogens is 192 g/mol. The van der Waals surface area contributed by atoms with E-state index < -0.39 is 5.91 Å². The lowest BCUT2D eigenvalue weighted by molar-refractivity contribution is 0.100. The van der Waals surface area contributed by atoms with Crippen molar-refractivity contribution in [2.75, 3.05) is 0 Å². The van der Waals surface area contributed by atoms with Gasteiger partial charge in [-0.1, -0.05) is 12.2 Å². The van der Waals surface area contributed by atoms with Crippen LogP contribution in [0.2, 0.25) is 0 Å². The topological polar surface area (TPSA) is 69.1 Å². The first-order valence-corrected chi connectivity index (χ1v) is 4.41. The summed E-state index contributed by atoms with van der Waals surface area (Å²) >= 11 is 6.05. The summed E-state index contributed by atoms with van der Waals surface area (Å²) in [5.41, 5.74) is 10.8. The minimum atomic E-state index is -0.459. The van der Waals surface area contributed by atoms with E-state index in [0.29, 0.717) is 5.56 Å². The Morgan fingerprint density at radius 3 is 2.75 bits per heavy atom. The number of amides is 1. The standard InChI is InChI=1S/C7H7N2OS2/c8-6(11)3-5-4(7(9)10)1-2-12-5/h1-3H,(H2,8,11)(H2,9,10). The molecule has 0 aliphatic carbocycles. The summed E-state index contributed by atoms with van der Waals surface area (Å²) < 4.78 is 0. The first-order valence-electron chi connectivity index (χ1n) is 3.12. The van der Waals surface area contributed by atoms with E-state index in [9.17, 15) is 4.79 Å². The molecule has 1 rings (SSSR count). The van der Waals surface area contributed by atoms with Crippen molar-refractivity contribution in [3.8, 4) is 0 Å². The molecule has 0 spiro atoms. The summed E-state index contributed by atoms with van der Waals surface area (Å²) in [6.07, 6.45) is 1.56. The molecular formula is C7H7N2OS2. The third-order valence-electron chi connectivity index (χ3n) is 1.23. The predicted octanol–water partition coefficient (Wildman–Crippen LogP) is 0.685. The molecule has 5 heteroatoms. The molecule has 1 aromatic rings. The molecule has 1 heterocycles. The molecule has 0 saturated heterocycles. The fourth-order valence-electron chi connectivity index (χ4n) is 0.766. The Bertz CT molecular complexity index is 319. The highest BCUT2D eigenvalue weighted by molar-refractivity contribution is 7.80. The molecule has 0 aromatic carbocycles. The van der Waals surface area contributed by atoms with Crippen molar-refractivity contribution in [2.24, 2.45) is 11.5 Å². The molecule has 1 aromatic heterocycles. The van der Waals surface area contributed by atoms with Gasteiger partial charge in [0.2, 0.25) is 5.91 Å². The Hall–Kier alpha value is -0.940. The maximum atomic E-state index is 10.8. The van der Waals surface area contributed by atoms with Gasteiger partial charge in [-0.3, -0.25) is 4.79 Å². The highest BCUT2D eigenvalue weighted by Crippen LogP contribution is 2.17. The van der Waals surface area contributed by atoms with Crippen LogP contribution < -0.4 is 11.5 Å². The molecule has 0 saturated carbocycles. The zero-order valence-corrected chi connectivity index (χ0v) is 7.74. The molecule has 1 amide bonds. The number of thiophene rings is 1. The number of thiocarbonyl (C=S) groups is 1. The van der Waals surface area contributed by atoms with Crippen molar-refractivity contribution in [3.05, 3.63) is 28.3 Å². The number of primary amides is 1. The summed E-state index contributed by atoms with van der Waals surface area (Å²) in [6.45, 7) is 0. The highest BCUT2D eigenvalue weighted by Gasteiger charge is 2.09. The summed E-state index contributed by atoms with van der Waals surface area (Å²) in [5.74, 6) is -0.459. The smallest absolute Gasteiger partial charge is 0.249 e. The van der Waals surface area contributed by atoms with Gasteiger partial charge < -0.3 is 11.5 Å². The molecule has 0 aliphatic rings. The van der Waals surface area contributed by atoms with E-state index in [-0.39, 0.29) is 4.99 Å². The molecule has 0 bridgehead atoms. The minimum absolute atomic E-state index is 0.250. The second-order valence-corrected chi connectivity index (χ2v) is 3.53. The van der Waals surface area contributed by atoms with Gasteiger partial charge in [0, 0.05) is 4.88 Å². The van der Waals surface area contributed by atoms with Crippen LogP contribution in [-0.4, -0.2) is 10.9 Å². The third kappa shape index (κ3) is 2.02. The van der Waals surface area contributed by atoms with Crippen LogP contribution in [0.4, 0.5) is 0 Å². The van der Waals surface area contributed by atoms with Crippen molar-refractivity contribution < 1.29 is 4.79 Å². The molecule has 0 atom stereocenters. The van der Waals surface area contributed by atoms with Gasteiger partial charge >= 0.3 is 0 Å². The van der Waals surface area contributed by atoms with Crippen LogP contribution in [0.1, 0.15) is 15.2 Å². The molecule has 0 aliphatic heterocycles. The molecule has 12 heavy (non-hydrogen) atoms. The van der Waals surface area contributed by atoms with Crippen LogP contribution in [-0.2, 0) is 0 Å². The van der Waals surface area contributed by atoms with Gasteiger partial charge in [-0.25, -0.2) is 0 Å². The van der Waals surface area contributed by atoms with E-state index in [2.05, 4.69) is 12.2 Å². The SMILES string of the molecule is NC(=O)c1ccsc1[CH]C(N)=S. The van der Waals surface area contributed by atoms with E-state index in [1.165, 1.54) is 11.3 Å². The van der Waals surface area contributed by atoms with E-state index in [4.69, 9.17) is 11.5 Å². The molecule has 1 radical (unpaired) electrons. The largest absolute Gasteiger partial charge is 0.393 e. The summed E-state index contributed by atoms with van der Waals surface area (Å²) in [4.78, 5) is 11.8. The van der Waals surface area contributed by atoms with Crippen molar-refractivity contribution in [1.29, 1.82) is 0 Å². The van der Waals surface area contributed by atoms with Gasteiger partial charge in [0.15, 0.2) is 0 Å². The van der Waals surface area contributed by atoms with Crippen LogP contribution in [0.5, 0.6) is 0 Å². The second kappa shape index (κ2) is 3.64. The second-order valence-electron chi connectivity index (χ2n) is 2.11. The quantitative estimate of drug-likeness (QED) is 0.703. The molecule has 4 N–H and O–H groups in total. The van der Waals surface area contributed by atoms with Crippen LogP contribution in [0.3, 0.4) is 0 Å². The lowest BCUT2D eigenvalue weighted by Gasteiger charge is -1.96. The Balaban J connectivity index is 2.91. The summed E-state index contributed by atoms with van der Waals surface area (Å²) in [7, 11) is 0. The Kier molecular flexibility index (Phi) is 2.78. The van der Waals surface area contributed by atoms with Gasteiger partial charge in [-0.15, -0.1) is 11.3 Å². The van der Waals surface area contributed by atoms with Crippen molar-refractivity contribution in [1.82, 2.24) is 0 Å². The first-order chi connectivity index (χ1) is 5.61. The van der Waals surface area contributed by atoms with Crippen LogP contribution in [0.25, 0.3) is 0 Å². The molecule has 0 unspecified atom stereocenters. The number of hydrogen-bond acceptors (Lipinski definition) is 3. The van der Waals surface area contributed by atoms with E-state index in [1.54, 1.807) is 17.9 Å². The Morgan fingerprint density at radius 2 is 2.25 bits per heavy atom. The van der Waals surface area contributed by atoms with Gasteiger partial charge in [0.05, 0.1) is 17.0 Å². The predicted molar refractivity (Wildman–Crippen MR) is 53.0 cm³/mol. The maximum Gasteiger partial charge on any atom is 0.249 e. The third-order valence-corrected chi connectivity index (χ3v) is 2.22. The van der Waals surface area contributed by atoms with Gasteiger partial charge in [-0.2, -0.15) is 0 Å². The van der Waals surface area contributed by atoms with Crippen LogP contribution in [0, 0.1) is 6.42 Å². The molecule has 3 nitrogen and oxygen atoms in total. The van der Waals surface area contributed by atoms with Crippen molar-refractivity contribution in [2.45, 2.75) is 0 Å². The maximum absolute atomic E-state index is 10.8. The lowest BCUT2D eigenvalue weighted by Crippen LogP contribution is -2.14. The molecule has 0 fully saturated rings. The zero-order chi connectivity index (χ0) is 9.14. The lowest BCUT2D eigenvalue weighted by atomic mass is 10.2. The first kappa shape index (κ1) is 9.15. The average molecular weight is 199 g/mol. The van der Waals surface area contributed by atoms with E-state index >= 15 is 0 Å². The van der Waals surface area contributed by atoms with E-state index in [0.717, 1.165) is 4.88 Å². The minimum Gasteiger partial charge on any atom is -0.393 e. The van der Waals surface area contributed by atoms with Crippen LogP contribution in [0.15, 0.2) is 11.4 Å². The zero-order valence-electron chi connectivity index (χ0n) is 6.11. The average Bonchev–Trinajstić information content (AvgIpc) is 2.33. The summed E-state index contributed by atoms with van der Waals surface area (Å²) in [6, 6.07) is 1.65. The van der Waals surface area contributed by atoms with E-state index in [1.807, 2.05) is 0 Å². The highest BCUT2D eigenvalue weighted by atomic mass is 32.1. The Labute approximate surface area is 79.4 Å². The van der Waals surface area contributed by atoms with Gasteiger partial charge in [0.1, 0.15) is 0 Å². The number of nitrogens with two attached hydrogens (primary N) is 2. The fourth-order valence-corrected chi connectivity index (χ4v) is 1.80. The number of carbonyl (C=O) groups is 1. The number of hydrogen-bond donors (Lipinski definition) is 2. The normalized spacial score (nSPS) is 9.67.